The average molecular weight is 319 g/mol. The standard InChI is InChI=1S/C15H15ClN4S/c16-12-5-3-6-13(8-12)18-15(21)17-10-20-9-11-4-1-2-7-14(11)19-20/h1-8,19H,9-10H2,(H2,17,18,21). The molecule has 1 aliphatic rings. The number of rotatable bonds is 3. The molecule has 0 aromatic heterocycles. The van der Waals surface area contributed by atoms with Crippen molar-refractivity contribution >= 4 is 40.3 Å². The number of halogens is 1. The molecule has 0 radical (unpaired) electrons. The summed E-state index contributed by atoms with van der Waals surface area (Å²) in [6.07, 6.45) is 0. The molecule has 0 fully saturated rings. The number of benzene rings is 2. The molecule has 0 atom stereocenters. The third-order valence-corrected chi connectivity index (χ3v) is 3.65. The predicted octanol–water partition coefficient (Wildman–Crippen LogP) is 3.43. The van der Waals surface area contributed by atoms with Gasteiger partial charge in [-0.3, -0.25) is 0 Å². The Balaban J connectivity index is 1.49. The first-order valence-electron chi connectivity index (χ1n) is 6.60. The van der Waals surface area contributed by atoms with Crippen molar-refractivity contribution in [2.75, 3.05) is 17.4 Å². The second-order valence-electron chi connectivity index (χ2n) is 4.77. The fourth-order valence-corrected chi connectivity index (χ4v) is 2.56. The van der Waals surface area contributed by atoms with E-state index >= 15 is 0 Å². The van der Waals surface area contributed by atoms with E-state index in [1.165, 1.54) is 5.56 Å². The lowest BCUT2D eigenvalue weighted by Crippen LogP contribution is -2.39. The van der Waals surface area contributed by atoms with Crippen LogP contribution in [0.25, 0.3) is 0 Å². The lowest BCUT2D eigenvalue weighted by Gasteiger charge is -2.18. The number of fused-ring (bicyclic) bond motifs is 1. The van der Waals surface area contributed by atoms with Crippen LogP contribution in [0, 0.1) is 0 Å². The zero-order chi connectivity index (χ0) is 14.7. The molecule has 1 heterocycles. The number of anilines is 2. The molecule has 3 rings (SSSR count). The van der Waals surface area contributed by atoms with E-state index in [0.717, 1.165) is 17.9 Å². The molecule has 0 amide bonds. The number of para-hydroxylation sites is 1. The normalized spacial score (nSPS) is 13.4. The third kappa shape index (κ3) is 3.64. The summed E-state index contributed by atoms with van der Waals surface area (Å²) < 4.78 is 0. The Morgan fingerprint density at radius 3 is 2.90 bits per heavy atom. The highest BCUT2D eigenvalue weighted by molar-refractivity contribution is 7.80. The van der Waals surface area contributed by atoms with E-state index in [1.54, 1.807) is 0 Å². The number of hydrogen-bond acceptors (Lipinski definition) is 3. The summed E-state index contributed by atoms with van der Waals surface area (Å²) in [4.78, 5) is 0. The smallest absolute Gasteiger partial charge is 0.171 e. The topological polar surface area (TPSA) is 39.3 Å². The van der Waals surface area contributed by atoms with E-state index in [1.807, 2.05) is 36.4 Å². The fraction of sp³-hybridized carbons (Fsp3) is 0.133. The second-order valence-corrected chi connectivity index (χ2v) is 5.61. The summed E-state index contributed by atoms with van der Waals surface area (Å²) in [5.41, 5.74) is 6.63. The maximum atomic E-state index is 5.94. The van der Waals surface area contributed by atoms with Crippen molar-refractivity contribution in [2.45, 2.75) is 6.54 Å². The molecule has 2 aromatic carbocycles. The fourth-order valence-electron chi connectivity index (χ4n) is 2.19. The molecule has 0 unspecified atom stereocenters. The Labute approximate surface area is 134 Å². The van der Waals surface area contributed by atoms with Crippen LogP contribution in [0.15, 0.2) is 48.5 Å². The maximum Gasteiger partial charge on any atom is 0.171 e. The second kappa shape index (κ2) is 6.30. The molecule has 2 aromatic rings. The van der Waals surface area contributed by atoms with Crippen LogP contribution in [-0.2, 0) is 6.54 Å². The summed E-state index contributed by atoms with van der Waals surface area (Å²) in [7, 11) is 0. The minimum atomic E-state index is 0.565. The van der Waals surface area contributed by atoms with Gasteiger partial charge in [-0.15, -0.1) is 0 Å². The largest absolute Gasteiger partial charge is 0.348 e. The molecule has 4 nitrogen and oxygen atoms in total. The van der Waals surface area contributed by atoms with Gasteiger partial charge in [0.1, 0.15) is 0 Å². The van der Waals surface area contributed by atoms with Crippen molar-refractivity contribution in [2.24, 2.45) is 0 Å². The molecule has 3 N–H and O–H groups in total. The predicted molar refractivity (Wildman–Crippen MR) is 91.3 cm³/mol. The van der Waals surface area contributed by atoms with Crippen LogP contribution in [-0.4, -0.2) is 16.8 Å². The minimum absolute atomic E-state index is 0.565. The average Bonchev–Trinajstić information content (AvgIpc) is 2.88. The molecule has 1 aliphatic heterocycles. The minimum Gasteiger partial charge on any atom is -0.348 e. The van der Waals surface area contributed by atoms with Gasteiger partial charge in [0, 0.05) is 17.3 Å². The molecule has 0 saturated carbocycles. The van der Waals surface area contributed by atoms with Gasteiger partial charge in [-0.25, -0.2) is 0 Å². The van der Waals surface area contributed by atoms with Gasteiger partial charge in [0.2, 0.25) is 0 Å². The van der Waals surface area contributed by atoms with Crippen LogP contribution < -0.4 is 16.1 Å². The first kappa shape index (κ1) is 14.1. The highest BCUT2D eigenvalue weighted by Crippen LogP contribution is 2.23. The van der Waals surface area contributed by atoms with Crippen molar-refractivity contribution in [1.29, 1.82) is 0 Å². The van der Waals surface area contributed by atoms with Crippen LogP contribution in [0.4, 0.5) is 11.4 Å². The van der Waals surface area contributed by atoms with E-state index in [0.29, 0.717) is 16.8 Å². The Hall–Kier alpha value is -1.82. The molecular weight excluding hydrogens is 304 g/mol. The van der Waals surface area contributed by atoms with Crippen LogP contribution in [0.2, 0.25) is 5.02 Å². The highest BCUT2D eigenvalue weighted by atomic mass is 35.5. The van der Waals surface area contributed by atoms with Crippen molar-refractivity contribution in [3.63, 3.8) is 0 Å². The first-order valence-corrected chi connectivity index (χ1v) is 7.39. The lowest BCUT2D eigenvalue weighted by atomic mass is 10.2. The number of hydrazine groups is 1. The van der Waals surface area contributed by atoms with Gasteiger partial charge >= 0.3 is 0 Å². The van der Waals surface area contributed by atoms with E-state index in [2.05, 4.69) is 33.2 Å². The van der Waals surface area contributed by atoms with Gasteiger partial charge in [0.25, 0.3) is 0 Å². The molecule has 0 spiro atoms. The van der Waals surface area contributed by atoms with Crippen molar-refractivity contribution in [3.05, 3.63) is 59.1 Å². The van der Waals surface area contributed by atoms with Gasteiger partial charge in [0.15, 0.2) is 5.11 Å². The first-order chi connectivity index (χ1) is 10.2. The summed E-state index contributed by atoms with van der Waals surface area (Å²) >= 11 is 11.2. The van der Waals surface area contributed by atoms with E-state index in [9.17, 15) is 0 Å². The molecule has 108 valence electrons. The monoisotopic (exact) mass is 318 g/mol. The van der Waals surface area contributed by atoms with E-state index in [-0.39, 0.29) is 0 Å². The molecular formula is C15H15ClN4S. The molecule has 0 aliphatic carbocycles. The summed E-state index contributed by atoms with van der Waals surface area (Å²) in [6, 6.07) is 15.7. The van der Waals surface area contributed by atoms with E-state index < -0.39 is 0 Å². The van der Waals surface area contributed by atoms with Gasteiger partial charge in [-0.1, -0.05) is 35.9 Å². The Bertz CT molecular complexity index is 637. The van der Waals surface area contributed by atoms with E-state index in [4.69, 9.17) is 23.8 Å². The number of hydrogen-bond donors (Lipinski definition) is 3. The lowest BCUT2D eigenvalue weighted by molar-refractivity contribution is 0.337. The number of thiocarbonyl (C=S) groups is 1. The summed E-state index contributed by atoms with van der Waals surface area (Å²) in [6.45, 7) is 1.46. The molecule has 6 heteroatoms. The van der Waals surface area contributed by atoms with Gasteiger partial charge in [0.05, 0.1) is 12.4 Å². The Morgan fingerprint density at radius 1 is 1.24 bits per heavy atom. The van der Waals surface area contributed by atoms with Crippen LogP contribution in [0.3, 0.4) is 0 Å². The SMILES string of the molecule is S=C(NCN1Cc2ccccc2N1)Nc1cccc(Cl)c1. The van der Waals surface area contributed by atoms with Crippen LogP contribution in [0.5, 0.6) is 0 Å². The van der Waals surface area contributed by atoms with Crippen molar-refractivity contribution in [1.82, 2.24) is 10.3 Å². The zero-order valence-corrected chi connectivity index (χ0v) is 12.8. The third-order valence-electron chi connectivity index (χ3n) is 3.17. The highest BCUT2D eigenvalue weighted by Gasteiger charge is 2.16. The number of nitrogens with zero attached hydrogens (tertiary/aromatic N) is 1. The Kier molecular flexibility index (Phi) is 4.24. The van der Waals surface area contributed by atoms with Crippen LogP contribution >= 0.6 is 23.8 Å². The zero-order valence-electron chi connectivity index (χ0n) is 11.3. The molecule has 0 saturated heterocycles. The summed E-state index contributed by atoms with van der Waals surface area (Å²) in [5.74, 6) is 0. The summed E-state index contributed by atoms with van der Waals surface area (Å²) in [5, 5.41) is 9.59. The Morgan fingerprint density at radius 2 is 2.10 bits per heavy atom. The quantitative estimate of drug-likeness (QED) is 0.756. The van der Waals surface area contributed by atoms with Gasteiger partial charge < -0.3 is 16.1 Å². The van der Waals surface area contributed by atoms with Crippen molar-refractivity contribution in [3.8, 4) is 0 Å². The number of nitrogens with one attached hydrogen (secondary N) is 3. The van der Waals surface area contributed by atoms with Crippen molar-refractivity contribution < 1.29 is 0 Å². The maximum absolute atomic E-state index is 5.94. The van der Waals surface area contributed by atoms with Crippen LogP contribution in [0.1, 0.15) is 5.56 Å². The molecule has 0 bridgehead atoms. The molecule has 21 heavy (non-hydrogen) atoms. The van der Waals surface area contributed by atoms with Gasteiger partial charge in [-0.05, 0) is 42.0 Å². The van der Waals surface area contributed by atoms with Gasteiger partial charge in [-0.2, -0.15) is 5.01 Å².